The maximum Gasteiger partial charge on any atom is 0.260 e. The number of anilines is 1. The van der Waals surface area contributed by atoms with Gasteiger partial charge in [-0.3, -0.25) is 4.40 Å². The number of thiazole rings is 1. The minimum atomic E-state index is -3.73. The highest BCUT2D eigenvalue weighted by atomic mass is 32.2. The smallest absolute Gasteiger partial charge is 0.260 e. The molecule has 2 aromatic heterocycles. The van der Waals surface area contributed by atoms with Crippen molar-refractivity contribution < 1.29 is 13.2 Å². The summed E-state index contributed by atoms with van der Waals surface area (Å²) in [5.41, 5.74) is -0.711. The predicted molar refractivity (Wildman–Crippen MR) is 83.5 cm³/mol. The first-order valence-electron chi connectivity index (χ1n) is 6.53. The van der Waals surface area contributed by atoms with E-state index in [0.29, 0.717) is 17.3 Å². The number of fused-ring (bicyclic) bond motifs is 1. The summed E-state index contributed by atoms with van der Waals surface area (Å²) in [6.07, 6.45) is 1.70. The number of ether oxygens (including phenoxy) is 1. The van der Waals surface area contributed by atoms with Crippen molar-refractivity contribution in [1.29, 1.82) is 0 Å². The number of rotatable bonds is 7. The van der Waals surface area contributed by atoms with Gasteiger partial charge in [0, 0.05) is 25.2 Å². The van der Waals surface area contributed by atoms with E-state index in [1.807, 2.05) is 6.92 Å². The van der Waals surface area contributed by atoms with Crippen molar-refractivity contribution in [3.05, 3.63) is 11.6 Å². The summed E-state index contributed by atoms with van der Waals surface area (Å²) < 4.78 is 34.8. The molecule has 0 aromatic carbocycles. The Morgan fingerprint density at radius 2 is 2.19 bits per heavy atom. The molecule has 0 saturated carbocycles. The Kier molecular flexibility index (Phi) is 4.57. The van der Waals surface area contributed by atoms with E-state index >= 15 is 0 Å². The first kappa shape index (κ1) is 16.2. The van der Waals surface area contributed by atoms with Crippen molar-refractivity contribution in [2.24, 2.45) is 0 Å². The van der Waals surface area contributed by atoms with Crippen LogP contribution in [0.25, 0.3) is 4.96 Å². The van der Waals surface area contributed by atoms with Crippen molar-refractivity contribution in [2.45, 2.75) is 31.3 Å². The quantitative estimate of drug-likeness (QED) is 0.803. The van der Waals surface area contributed by atoms with Gasteiger partial charge in [0.05, 0.1) is 12.1 Å². The summed E-state index contributed by atoms with van der Waals surface area (Å²) in [5, 5.41) is 4.93. The first-order valence-corrected chi connectivity index (χ1v) is 8.89. The van der Waals surface area contributed by atoms with Gasteiger partial charge in [-0.05, 0) is 20.8 Å². The highest BCUT2D eigenvalue weighted by Crippen LogP contribution is 2.26. The summed E-state index contributed by atoms with van der Waals surface area (Å²) in [5.74, 6) is 0.366. The number of methoxy groups -OCH3 is 1. The molecular formula is C12H20N4O3S2. The van der Waals surface area contributed by atoms with Crippen molar-refractivity contribution in [1.82, 2.24) is 14.1 Å². The van der Waals surface area contributed by atoms with Gasteiger partial charge in [0.15, 0.2) is 15.8 Å². The maximum absolute atomic E-state index is 12.7. The topological polar surface area (TPSA) is 84.7 Å². The van der Waals surface area contributed by atoms with Crippen molar-refractivity contribution >= 4 is 32.1 Å². The zero-order valence-electron chi connectivity index (χ0n) is 12.5. The molecule has 9 heteroatoms. The number of hydrogen-bond acceptors (Lipinski definition) is 6. The lowest BCUT2D eigenvalue weighted by Crippen LogP contribution is -2.47. The molecule has 0 spiro atoms. The summed E-state index contributed by atoms with van der Waals surface area (Å²) in [4.78, 5) is 4.96. The molecule has 0 atom stereocenters. The second-order valence-corrected chi connectivity index (χ2v) is 7.74. The van der Waals surface area contributed by atoms with Crippen LogP contribution in [0.1, 0.15) is 20.8 Å². The van der Waals surface area contributed by atoms with Crippen LogP contribution in [0.3, 0.4) is 0 Å². The number of aromatic nitrogens is 2. The molecule has 0 radical (unpaired) electrons. The van der Waals surface area contributed by atoms with Crippen LogP contribution >= 0.6 is 11.3 Å². The van der Waals surface area contributed by atoms with Crippen LogP contribution in [-0.4, -0.2) is 43.6 Å². The summed E-state index contributed by atoms with van der Waals surface area (Å²) in [6, 6.07) is 0. The van der Waals surface area contributed by atoms with E-state index in [4.69, 9.17) is 4.74 Å². The molecule has 7 nitrogen and oxygen atoms in total. The van der Waals surface area contributed by atoms with E-state index in [2.05, 4.69) is 15.0 Å². The van der Waals surface area contributed by atoms with Crippen molar-refractivity contribution in [3.8, 4) is 0 Å². The highest BCUT2D eigenvalue weighted by Gasteiger charge is 2.31. The minimum absolute atomic E-state index is 0.129. The third kappa shape index (κ3) is 3.37. The molecule has 2 heterocycles. The van der Waals surface area contributed by atoms with E-state index in [1.165, 1.54) is 18.4 Å². The summed E-state index contributed by atoms with van der Waals surface area (Å²) in [6.45, 7) is 6.30. The Labute approximate surface area is 128 Å². The van der Waals surface area contributed by atoms with Crippen LogP contribution in [0.2, 0.25) is 0 Å². The van der Waals surface area contributed by atoms with Crippen molar-refractivity contribution in [3.63, 3.8) is 0 Å². The minimum Gasteiger partial charge on any atom is -0.383 e. The van der Waals surface area contributed by atoms with E-state index in [0.717, 1.165) is 0 Å². The fourth-order valence-corrected chi connectivity index (χ4v) is 4.54. The molecule has 0 aliphatic rings. The molecular weight excluding hydrogens is 312 g/mol. The first-order chi connectivity index (χ1) is 9.80. The van der Waals surface area contributed by atoms with Gasteiger partial charge in [0.2, 0.25) is 0 Å². The Balaban J connectivity index is 2.48. The molecule has 0 saturated heterocycles. The fourth-order valence-electron chi connectivity index (χ4n) is 2.11. The lowest BCUT2D eigenvalue weighted by atomic mass is 10.1. The van der Waals surface area contributed by atoms with Crippen LogP contribution in [0.15, 0.2) is 16.6 Å². The Morgan fingerprint density at radius 3 is 2.81 bits per heavy atom. The highest BCUT2D eigenvalue weighted by molar-refractivity contribution is 7.89. The second-order valence-electron chi connectivity index (χ2n) is 5.27. The summed E-state index contributed by atoms with van der Waals surface area (Å²) in [7, 11) is -2.19. The predicted octanol–water partition coefficient (Wildman–Crippen LogP) is 1.53. The fraction of sp³-hybridized carbons (Fsp3) is 0.583. The van der Waals surface area contributed by atoms with E-state index in [-0.39, 0.29) is 11.6 Å². The molecule has 0 amide bonds. The number of sulfonamides is 1. The molecule has 0 aliphatic carbocycles. The SMILES string of the molecule is CCNc1nc2sccn2c1S(=O)(=O)NC(C)(C)COC. The standard InChI is InChI=1S/C12H20N4O3S2/c1-5-13-9-10(16-6-7-20-11(16)14-9)21(17,18)15-12(2,3)8-19-4/h6-7,13,15H,5,8H2,1-4H3. The Morgan fingerprint density at radius 1 is 1.48 bits per heavy atom. The van der Waals surface area contributed by atoms with Crippen molar-refractivity contribution in [2.75, 3.05) is 25.6 Å². The van der Waals surface area contributed by atoms with Crippen LogP contribution in [0, 0.1) is 0 Å². The van der Waals surface area contributed by atoms with Gasteiger partial charge in [0.25, 0.3) is 10.0 Å². The van der Waals surface area contributed by atoms with E-state index < -0.39 is 15.6 Å². The van der Waals surface area contributed by atoms with Crippen LogP contribution in [-0.2, 0) is 14.8 Å². The largest absolute Gasteiger partial charge is 0.383 e. The second kappa shape index (κ2) is 5.91. The molecule has 0 bridgehead atoms. The van der Waals surface area contributed by atoms with E-state index in [1.54, 1.807) is 29.8 Å². The third-order valence-corrected chi connectivity index (χ3v) is 5.21. The molecule has 0 unspecified atom stereocenters. The number of nitrogens with zero attached hydrogens (tertiary/aromatic N) is 2. The van der Waals surface area contributed by atoms with Crippen LogP contribution < -0.4 is 10.0 Å². The average Bonchev–Trinajstić information content (AvgIpc) is 2.86. The zero-order valence-corrected chi connectivity index (χ0v) is 14.1. The van der Waals surface area contributed by atoms with E-state index in [9.17, 15) is 8.42 Å². The molecule has 2 rings (SSSR count). The Bertz CT molecular complexity index is 718. The van der Waals surface area contributed by atoms with Gasteiger partial charge in [-0.15, -0.1) is 11.3 Å². The molecule has 21 heavy (non-hydrogen) atoms. The molecule has 0 fully saturated rings. The number of nitrogens with one attached hydrogen (secondary N) is 2. The monoisotopic (exact) mass is 332 g/mol. The van der Waals surface area contributed by atoms with Gasteiger partial charge in [-0.2, -0.15) is 0 Å². The zero-order chi connectivity index (χ0) is 15.7. The van der Waals surface area contributed by atoms with Crippen LogP contribution in [0.5, 0.6) is 0 Å². The third-order valence-electron chi connectivity index (χ3n) is 2.73. The van der Waals surface area contributed by atoms with Gasteiger partial charge >= 0.3 is 0 Å². The van der Waals surface area contributed by atoms with Gasteiger partial charge in [0.1, 0.15) is 0 Å². The van der Waals surface area contributed by atoms with Gasteiger partial charge in [-0.25, -0.2) is 18.1 Å². The lowest BCUT2D eigenvalue weighted by molar-refractivity contribution is 0.141. The van der Waals surface area contributed by atoms with Gasteiger partial charge in [-0.1, -0.05) is 0 Å². The van der Waals surface area contributed by atoms with Gasteiger partial charge < -0.3 is 10.1 Å². The molecule has 0 aliphatic heterocycles. The summed E-state index contributed by atoms with van der Waals surface area (Å²) >= 11 is 1.39. The Hall–Kier alpha value is -1.16. The average molecular weight is 332 g/mol. The van der Waals surface area contributed by atoms with Crippen LogP contribution in [0.4, 0.5) is 5.82 Å². The normalized spacial score (nSPS) is 13.0. The number of hydrogen-bond donors (Lipinski definition) is 2. The molecule has 118 valence electrons. The molecule has 2 aromatic rings. The number of imidazole rings is 1. The lowest BCUT2D eigenvalue weighted by Gasteiger charge is -2.24. The molecule has 2 N–H and O–H groups in total. The maximum atomic E-state index is 12.7.